The van der Waals surface area contributed by atoms with Crippen LogP contribution in [0.25, 0.3) is 0 Å². The Hall–Kier alpha value is -2.64. The number of nitrogens with two attached hydrogens (primary N) is 1. The molecule has 3 N–H and O–H groups in total. The number of carbonyl (C=O) groups excluding carboxylic acids is 2. The first-order valence-electron chi connectivity index (χ1n) is 7.16. The molecule has 3 amide bonds. The van der Waals surface area contributed by atoms with Crippen LogP contribution in [0.1, 0.15) is 23.2 Å². The number of hydrogen-bond donors (Lipinski definition) is 2. The molecule has 134 valence electrons. The predicted molar refractivity (Wildman–Crippen MR) is 81.4 cm³/mol. The van der Waals surface area contributed by atoms with Gasteiger partial charge in [0, 0.05) is 18.9 Å². The number of fused-ring (bicyclic) bond motifs is 2. The van der Waals surface area contributed by atoms with E-state index in [2.05, 4.69) is 19.2 Å². The summed E-state index contributed by atoms with van der Waals surface area (Å²) in [5, 5.41) is 0.593. The lowest BCUT2D eigenvalue weighted by atomic mass is 10.00. The van der Waals surface area contributed by atoms with Crippen LogP contribution >= 0.6 is 0 Å². The van der Waals surface area contributed by atoms with Crippen molar-refractivity contribution in [3.8, 4) is 0 Å². The maximum Gasteiger partial charge on any atom is 0.418 e. The first-order chi connectivity index (χ1) is 11.8. The van der Waals surface area contributed by atoms with Crippen LogP contribution < -0.4 is 5.73 Å². The van der Waals surface area contributed by atoms with Crippen molar-refractivity contribution in [1.29, 1.82) is 0 Å². The molecule has 2 aliphatic heterocycles. The van der Waals surface area contributed by atoms with Gasteiger partial charge in [-0.1, -0.05) is 0 Å². The molecule has 25 heavy (non-hydrogen) atoms. The first-order valence-corrected chi connectivity index (χ1v) is 8.53. The average molecular weight is 370 g/mol. The third-order valence-corrected chi connectivity index (χ3v) is 4.23. The van der Waals surface area contributed by atoms with Crippen LogP contribution in [-0.2, 0) is 14.7 Å². The minimum Gasteiger partial charge on any atom is -0.385 e. The SMILES string of the molecule is NC(=NC(=O)c1cncnc1)C1CCC2CN1C(=O)N2OS(=O)(=O)O. The van der Waals surface area contributed by atoms with Crippen LogP contribution in [0, 0.1) is 0 Å². The summed E-state index contributed by atoms with van der Waals surface area (Å²) in [7, 11) is -4.82. The zero-order valence-electron chi connectivity index (χ0n) is 12.7. The summed E-state index contributed by atoms with van der Waals surface area (Å²) in [6.07, 6.45) is 4.55. The summed E-state index contributed by atoms with van der Waals surface area (Å²) >= 11 is 0. The lowest BCUT2D eigenvalue weighted by molar-refractivity contribution is -0.0316. The normalized spacial score (nSPS) is 23.9. The lowest BCUT2D eigenvalue weighted by Gasteiger charge is -2.29. The molecular weight excluding hydrogens is 356 g/mol. The van der Waals surface area contributed by atoms with Gasteiger partial charge < -0.3 is 10.6 Å². The number of rotatable bonds is 4. The van der Waals surface area contributed by atoms with E-state index >= 15 is 0 Å². The molecule has 3 rings (SSSR count). The van der Waals surface area contributed by atoms with Crippen LogP contribution in [0.5, 0.6) is 0 Å². The Morgan fingerprint density at radius 2 is 2.04 bits per heavy atom. The molecule has 2 fully saturated rings. The Bertz CT molecular complexity index is 828. The molecule has 2 aliphatic rings. The van der Waals surface area contributed by atoms with E-state index in [1.807, 2.05) is 0 Å². The van der Waals surface area contributed by atoms with Gasteiger partial charge in [0.25, 0.3) is 5.91 Å². The van der Waals surface area contributed by atoms with E-state index < -0.39 is 34.4 Å². The van der Waals surface area contributed by atoms with Crippen LogP contribution in [0.4, 0.5) is 4.79 Å². The monoisotopic (exact) mass is 370 g/mol. The summed E-state index contributed by atoms with van der Waals surface area (Å²) in [6.45, 7) is 0.137. The average Bonchev–Trinajstić information content (AvgIpc) is 2.79. The van der Waals surface area contributed by atoms with Crippen LogP contribution in [0.3, 0.4) is 0 Å². The van der Waals surface area contributed by atoms with Gasteiger partial charge in [0.15, 0.2) is 0 Å². The van der Waals surface area contributed by atoms with E-state index in [0.29, 0.717) is 17.9 Å². The Kier molecular flexibility index (Phi) is 4.36. The van der Waals surface area contributed by atoms with Gasteiger partial charge >= 0.3 is 16.4 Å². The highest BCUT2D eigenvalue weighted by Gasteiger charge is 2.48. The van der Waals surface area contributed by atoms with Crippen molar-refractivity contribution in [2.24, 2.45) is 10.7 Å². The number of carbonyl (C=O) groups is 2. The molecule has 3 heterocycles. The van der Waals surface area contributed by atoms with E-state index in [1.165, 1.54) is 23.6 Å². The summed E-state index contributed by atoms with van der Waals surface area (Å²) in [5.74, 6) is -0.743. The summed E-state index contributed by atoms with van der Waals surface area (Å²) in [5.41, 5.74) is 6.02. The second-order valence-electron chi connectivity index (χ2n) is 5.48. The fraction of sp³-hybridized carbons (Fsp3) is 0.417. The van der Waals surface area contributed by atoms with Crippen LogP contribution in [0.15, 0.2) is 23.7 Å². The van der Waals surface area contributed by atoms with E-state index in [4.69, 9.17) is 10.3 Å². The standard InChI is InChI=1S/C12H14N6O6S/c13-10(16-11(19)7-3-14-6-15-4-7)9-2-1-8-5-17(9)12(20)18(8)24-25(21,22)23/h3-4,6,8-9H,1-2,5H2,(H2,13,16,19)(H,21,22,23). The number of nitrogens with zero attached hydrogens (tertiary/aromatic N) is 5. The smallest absolute Gasteiger partial charge is 0.385 e. The number of aromatic nitrogens is 2. The molecule has 2 bridgehead atoms. The molecule has 0 saturated carbocycles. The van der Waals surface area contributed by atoms with Gasteiger partial charge in [0.05, 0.1) is 17.6 Å². The first kappa shape index (κ1) is 17.2. The van der Waals surface area contributed by atoms with Gasteiger partial charge in [-0.25, -0.2) is 14.8 Å². The summed E-state index contributed by atoms with van der Waals surface area (Å²) in [6, 6.07) is -2.01. The number of urea groups is 1. The molecule has 0 spiro atoms. The maximum absolute atomic E-state index is 12.3. The molecular formula is C12H14N6O6S. The van der Waals surface area contributed by atoms with E-state index in [1.54, 1.807) is 0 Å². The van der Waals surface area contributed by atoms with Crippen LogP contribution in [-0.4, -0.2) is 69.3 Å². The third kappa shape index (κ3) is 3.57. The maximum atomic E-state index is 12.3. The lowest BCUT2D eigenvalue weighted by Crippen LogP contribution is -2.48. The van der Waals surface area contributed by atoms with Crippen molar-refractivity contribution < 1.29 is 26.8 Å². The zero-order chi connectivity index (χ0) is 18.2. The van der Waals surface area contributed by atoms with Gasteiger partial charge in [-0.15, -0.1) is 4.28 Å². The Labute approximate surface area is 142 Å². The number of amidine groups is 1. The molecule has 2 atom stereocenters. The number of amides is 3. The van der Waals surface area contributed by atoms with Crippen LogP contribution in [0.2, 0.25) is 0 Å². The van der Waals surface area contributed by atoms with E-state index in [9.17, 15) is 18.0 Å². The topological polar surface area (TPSA) is 168 Å². The number of hydroxylamine groups is 2. The Morgan fingerprint density at radius 3 is 2.68 bits per heavy atom. The fourth-order valence-electron chi connectivity index (χ4n) is 2.80. The Balaban J connectivity index is 1.77. The third-order valence-electron chi connectivity index (χ3n) is 3.88. The van der Waals surface area contributed by atoms with Gasteiger partial charge in [-0.05, 0) is 12.8 Å². The van der Waals surface area contributed by atoms with Crippen molar-refractivity contribution >= 4 is 28.2 Å². The molecule has 1 aromatic heterocycles. The molecule has 2 saturated heterocycles. The van der Waals surface area contributed by atoms with Crippen molar-refractivity contribution in [2.45, 2.75) is 24.9 Å². The van der Waals surface area contributed by atoms with Gasteiger partial charge in [-0.3, -0.25) is 9.35 Å². The second-order valence-corrected chi connectivity index (χ2v) is 6.48. The van der Waals surface area contributed by atoms with Gasteiger partial charge in [-0.2, -0.15) is 18.5 Å². The number of piperidine rings is 1. The fourth-order valence-corrected chi connectivity index (χ4v) is 3.19. The van der Waals surface area contributed by atoms with Crippen molar-refractivity contribution in [2.75, 3.05) is 6.54 Å². The molecule has 2 unspecified atom stereocenters. The van der Waals surface area contributed by atoms with E-state index in [0.717, 1.165) is 0 Å². The van der Waals surface area contributed by atoms with Gasteiger partial charge in [0.1, 0.15) is 12.2 Å². The van der Waals surface area contributed by atoms with Crippen molar-refractivity contribution in [3.63, 3.8) is 0 Å². The number of aliphatic imine (C=N–C) groups is 1. The Morgan fingerprint density at radius 1 is 1.36 bits per heavy atom. The molecule has 1 aromatic rings. The molecule has 0 aromatic carbocycles. The highest BCUT2D eigenvalue weighted by atomic mass is 32.3. The minimum absolute atomic E-state index is 0.0886. The van der Waals surface area contributed by atoms with Gasteiger partial charge in [0.2, 0.25) is 0 Å². The zero-order valence-corrected chi connectivity index (χ0v) is 13.5. The van der Waals surface area contributed by atoms with Crippen molar-refractivity contribution in [3.05, 3.63) is 24.3 Å². The van der Waals surface area contributed by atoms with Crippen molar-refractivity contribution in [1.82, 2.24) is 19.9 Å². The minimum atomic E-state index is -4.82. The second kappa shape index (κ2) is 6.34. The summed E-state index contributed by atoms with van der Waals surface area (Å²) in [4.78, 5) is 36.7. The highest BCUT2D eigenvalue weighted by molar-refractivity contribution is 7.80. The number of hydrogen-bond acceptors (Lipinski definition) is 7. The molecule has 12 nitrogen and oxygen atoms in total. The molecule has 0 radical (unpaired) electrons. The largest absolute Gasteiger partial charge is 0.418 e. The van der Waals surface area contributed by atoms with E-state index in [-0.39, 0.29) is 17.9 Å². The quantitative estimate of drug-likeness (QED) is 0.382. The highest BCUT2D eigenvalue weighted by Crippen LogP contribution is 2.30. The summed E-state index contributed by atoms with van der Waals surface area (Å²) < 4.78 is 34.8. The molecule has 0 aliphatic carbocycles. The molecule has 13 heteroatoms. The predicted octanol–water partition coefficient (Wildman–Crippen LogP) is -1.02.